The first kappa shape index (κ1) is 11.6. The summed E-state index contributed by atoms with van der Waals surface area (Å²) < 4.78 is 26.1. The summed E-state index contributed by atoms with van der Waals surface area (Å²) in [5.74, 6) is -1.72. The highest BCUT2D eigenvalue weighted by atomic mass is 79.9. The van der Waals surface area contributed by atoms with E-state index >= 15 is 0 Å². The molecule has 0 aromatic heterocycles. The third kappa shape index (κ3) is 3.03. The van der Waals surface area contributed by atoms with Crippen LogP contribution in [0.3, 0.4) is 0 Å². The van der Waals surface area contributed by atoms with Crippen LogP contribution in [0.4, 0.5) is 8.78 Å². The average Bonchev–Trinajstić information content (AvgIpc) is 2.09. The largest absolute Gasteiger partial charge is 0.393 e. The number of rotatable bonds is 3. The molecule has 0 fully saturated rings. The molecule has 78 valence electrons. The predicted octanol–water partition coefficient (Wildman–Crippen LogP) is 3.04. The molecule has 0 aliphatic heterocycles. The number of benzene rings is 1. The monoisotopic (exact) mass is 264 g/mol. The first-order chi connectivity index (χ1) is 6.50. The SMILES string of the molecule is C[C@H](O)CCc1cc(F)c(F)cc1Br. The fraction of sp³-hybridized carbons (Fsp3) is 0.400. The van der Waals surface area contributed by atoms with E-state index in [4.69, 9.17) is 5.11 Å². The quantitative estimate of drug-likeness (QED) is 0.833. The summed E-state index contributed by atoms with van der Waals surface area (Å²) >= 11 is 3.14. The van der Waals surface area contributed by atoms with Gasteiger partial charge in [-0.25, -0.2) is 8.78 Å². The topological polar surface area (TPSA) is 20.2 Å². The molecule has 0 bridgehead atoms. The van der Waals surface area contributed by atoms with E-state index in [-0.39, 0.29) is 0 Å². The first-order valence-electron chi connectivity index (χ1n) is 4.32. The van der Waals surface area contributed by atoms with Gasteiger partial charge in [-0.3, -0.25) is 0 Å². The third-order valence-electron chi connectivity index (χ3n) is 1.92. The molecule has 0 heterocycles. The summed E-state index contributed by atoms with van der Waals surface area (Å²) in [5, 5.41) is 9.05. The summed E-state index contributed by atoms with van der Waals surface area (Å²) in [6.07, 6.45) is 0.620. The van der Waals surface area contributed by atoms with Gasteiger partial charge in [0.1, 0.15) is 0 Å². The van der Waals surface area contributed by atoms with Crippen molar-refractivity contribution in [1.82, 2.24) is 0 Å². The normalized spacial score (nSPS) is 12.9. The van der Waals surface area contributed by atoms with Gasteiger partial charge in [0.15, 0.2) is 11.6 Å². The van der Waals surface area contributed by atoms with E-state index in [1.165, 1.54) is 0 Å². The van der Waals surface area contributed by atoms with E-state index in [9.17, 15) is 8.78 Å². The lowest BCUT2D eigenvalue weighted by Gasteiger charge is -2.07. The minimum atomic E-state index is -0.863. The van der Waals surface area contributed by atoms with Crippen molar-refractivity contribution < 1.29 is 13.9 Å². The zero-order chi connectivity index (χ0) is 10.7. The van der Waals surface area contributed by atoms with Crippen LogP contribution in [0.2, 0.25) is 0 Å². The van der Waals surface area contributed by atoms with Crippen molar-refractivity contribution in [1.29, 1.82) is 0 Å². The lowest BCUT2D eigenvalue weighted by Crippen LogP contribution is -2.02. The molecule has 1 aromatic rings. The van der Waals surface area contributed by atoms with E-state index in [2.05, 4.69) is 15.9 Å². The second-order valence-electron chi connectivity index (χ2n) is 3.25. The predicted molar refractivity (Wildman–Crippen MR) is 54.1 cm³/mol. The van der Waals surface area contributed by atoms with Crippen molar-refractivity contribution in [2.45, 2.75) is 25.9 Å². The van der Waals surface area contributed by atoms with Gasteiger partial charge in [0.05, 0.1) is 6.10 Å². The van der Waals surface area contributed by atoms with Crippen LogP contribution in [0.5, 0.6) is 0 Å². The van der Waals surface area contributed by atoms with Crippen LogP contribution < -0.4 is 0 Å². The Kier molecular flexibility index (Phi) is 4.01. The number of hydrogen-bond donors (Lipinski definition) is 1. The van der Waals surface area contributed by atoms with Crippen LogP contribution >= 0.6 is 15.9 Å². The highest BCUT2D eigenvalue weighted by molar-refractivity contribution is 9.10. The van der Waals surface area contributed by atoms with Crippen molar-refractivity contribution in [3.8, 4) is 0 Å². The lowest BCUT2D eigenvalue weighted by atomic mass is 10.1. The zero-order valence-corrected chi connectivity index (χ0v) is 9.31. The van der Waals surface area contributed by atoms with Crippen molar-refractivity contribution >= 4 is 15.9 Å². The number of hydrogen-bond acceptors (Lipinski definition) is 1. The van der Waals surface area contributed by atoms with E-state index in [0.717, 1.165) is 12.1 Å². The molecule has 0 saturated carbocycles. The molecular weight excluding hydrogens is 254 g/mol. The average molecular weight is 265 g/mol. The number of aliphatic hydroxyl groups excluding tert-OH is 1. The van der Waals surface area contributed by atoms with Gasteiger partial charge in [-0.15, -0.1) is 0 Å². The fourth-order valence-corrected chi connectivity index (χ4v) is 1.63. The van der Waals surface area contributed by atoms with E-state index in [1.54, 1.807) is 6.92 Å². The highest BCUT2D eigenvalue weighted by Crippen LogP contribution is 2.22. The third-order valence-corrected chi connectivity index (χ3v) is 2.66. The van der Waals surface area contributed by atoms with Crippen LogP contribution in [0.1, 0.15) is 18.9 Å². The number of halogens is 3. The van der Waals surface area contributed by atoms with Gasteiger partial charge in [-0.1, -0.05) is 15.9 Å². The smallest absolute Gasteiger partial charge is 0.159 e. The van der Waals surface area contributed by atoms with Gasteiger partial charge < -0.3 is 5.11 Å². The summed E-state index contributed by atoms with van der Waals surface area (Å²) in [6.45, 7) is 1.66. The Bertz CT molecular complexity index is 326. The molecule has 0 spiro atoms. The molecule has 0 aliphatic rings. The van der Waals surface area contributed by atoms with Crippen molar-refractivity contribution in [3.05, 3.63) is 33.8 Å². The van der Waals surface area contributed by atoms with Gasteiger partial charge in [0.25, 0.3) is 0 Å². The summed E-state index contributed by atoms with van der Waals surface area (Å²) in [7, 11) is 0. The van der Waals surface area contributed by atoms with Gasteiger partial charge in [-0.2, -0.15) is 0 Å². The molecule has 0 radical (unpaired) electrons. The summed E-state index contributed by atoms with van der Waals surface area (Å²) in [4.78, 5) is 0. The molecule has 0 saturated heterocycles. The Morgan fingerprint density at radius 2 is 1.93 bits per heavy atom. The molecule has 0 unspecified atom stereocenters. The van der Waals surface area contributed by atoms with Gasteiger partial charge in [0.2, 0.25) is 0 Å². The van der Waals surface area contributed by atoms with Crippen LogP contribution in [-0.2, 0) is 6.42 Å². The Morgan fingerprint density at radius 3 is 2.50 bits per heavy atom. The zero-order valence-electron chi connectivity index (χ0n) is 7.73. The van der Waals surface area contributed by atoms with Crippen molar-refractivity contribution in [3.63, 3.8) is 0 Å². The number of aliphatic hydroxyl groups is 1. The lowest BCUT2D eigenvalue weighted by molar-refractivity contribution is 0.185. The minimum Gasteiger partial charge on any atom is -0.393 e. The second kappa shape index (κ2) is 4.84. The Balaban J connectivity index is 2.82. The molecular formula is C10H11BrF2O. The Hall–Kier alpha value is -0.480. The fourth-order valence-electron chi connectivity index (χ4n) is 1.12. The van der Waals surface area contributed by atoms with E-state index < -0.39 is 17.7 Å². The molecule has 1 N–H and O–H groups in total. The van der Waals surface area contributed by atoms with E-state index in [1.807, 2.05) is 0 Å². The Morgan fingerprint density at radius 1 is 1.36 bits per heavy atom. The van der Waals surface area contributed by atoms with E-state index in [0.29, 0.717) is 22.9 Å². The molecule has 4 heteroatoms. The van der Waals surface area contributed by atoms with Crippen LogP contribution in [0.25, 0.3) is 0 Å². The second-order valence-corrected chi connectivity index (χ2v) is 4.10. The minimum absolute atomic E-state index is 0.435. The molecule has 1 rings (SSSR count). The molecule has 14 heavy (non-hydrogen) atoms. The van der Waals surface area contributed by atoms with Gasteiger partial charge >= 0.3 is 0 Å². The summed E-state index contributed by atoms with van der Waals surface area (Å²) in [5.41, 5.74) is 0.671. The standard InChI is InChI=1S/C10H11BrF2O/c1-6(14)2-3-7-4-9(12)10(13)5-8(7)11/h4-6,14H,2-3H2,1H3/t6-/m0/s1. The molecule has 0 amide bonds. The van der Waals surface area contributed by atoms with Crippen LogP contribution in [0, 0.1) is 11.6 Å². The molecule has 1 aromatic carbocycles. The van der Waals surface area contributed by atoms with Crippen LogP contribution in [0.15, 0.2) is 16.6 Å². The maximum absolute atomic E-state index is 12.8. The molecule has 1 atom stereocenters. The number of aryl methyl sites for hydroxylation is 1. The Labute approximate surface area is 89.9 Å². The molecule has 0 aliphatic carbocycles. The highest BCUT2D eigenvalue weighted by Gasteiger charge is 2.08. The molecule has 1 nitrogen and oxygen atoms in total. The van der Waals surface area contributed by atoms with Crippen LogP contribution in [-0.4, -0.2) is 11.2 Å². The maximum Gasteiger partial charge on any atom is 0.159 e. The first-order valence-corrected chi connectivity index (χ1v) is 5.11. The summed E-state index contributed by atoms with van der Waals surface area (Å²) in [6, 6.07) is 2.26. The van der Waals surface area contributed by atoms with Gasteiger partial charge in [0, 0.05) is 4.47 Å². The maximum atomic E-state index is 12.8. The van der Waals surface area contributed by atoms with Crippen molar-refractivity contribution in [2.24, 2.45) is 0 Å². The van der Waals surface area contributed by atoms with Crippen molar-refractivity contribution in [2.75, 3.05) is 0 Å². The van der Waals surface area contributed by atoms with Gasteiger partial charge in [-0.05, 0) is 37.5 Å².